The SMILES string of the molecule is Clc1ccc(C2Cc3ccccc3[C@H]3CCCN23)cc1. The lowest BCUT2D eigenvalue weighted by atomic mass is 9.86. The first-order valence-electron chi connectivity index (χ1n) is 7.42. The molecule has 0 aliphatic carbocycles. The molecule has 0 amide bonds. The summed E-state index contributed by atoms with van der Waals surface area (Å²) in [5.74, 6) is 0. The Hall–Kier alpha value is -1.31. The van der Waals surface area contributed by atoms with Crippen molar-refractivity contribution in [2.75, 3.05) is 6.54 Å². The second-order valence-corrected chi connectivity index (χ2v) is 6.30. The van der Waals surface area contributed by atoms with Crippen molar-refractivity contribution in [1.29, 1.82) is 0 Å². The molecule has 2 heterocycles. The van der Waals surface area contributed by atoms with Gasteiger partial charge >= 0.3 is 0 Å². The van der Waals surface area contributed by atoms with Gasteiger partial charge in [-0.3, -0.25) is 4.90 Å². The van der Waals surface area contributed by atoms with Crippen molar-refractivity contribution in [3.8, 4) is 0 Å². The molecule has 0 N–H and O–H groups in total. The van der Waals surface area contributed by atoms with Gasteiger partial charge in [0.15, 0.2) is 0 Å². The third kappa shape index (κ3) is 1.97. The zero-order chi connectivity index (χ0) is 13.5. The number of nitrogens with zero attached hydrogens (tertiary/aromatic N) is 1. The third-order valence-electron chi connectivity index (χ3n) is 4.78. The standard InChI is InChI=1S/C18H18ClN/c19-15-9-7-13(8-10-15)18-12-14-4-1-2-5-16(14)17-6-3-11-20(17)18/h1-2,4-5,7-10,17-18H,3,6,11-12H2/t17-,18?/m1/s1. The van der Waals surface area contributed by atoms with E-state index in [0.717, 1.165) is 11.4 Å². The zero-order valence-corrected chi connectivity index (χ0v) is 12.2. The highest BCUT2D eigenvalue weighted by atomic mass is 35.5. The summed E-state index contributed by atoms with van der Waals surface area (Å²) in [7, 11) is 0. The summed E-state index contributed by atoms with van der Waals surface area (Å²) in [4.78, 5) is 2.69. The first kappa shape index (κ1) is 12.4. The van der Waals surface area contributed by atoms with Crippen molar-refractivity contribution >= 4 is 11.6 Å². The van der Waals surface area contributed by atoms with Crippen molar-refractivity contribution in [2.45, 2.75) is 31.3 Å². The molecule has 4 rings (SSSR count). The molecule has 102 valence electrons. The van der Waals surface area contributed by atoms with E-state index in [4.69, 9.17) is 11.6 Å². The molecule has 2 aliphatic rings. The minimum Gasteiger partial charge on any atom is -0.289 e. The Balaban J connectivity index is 1.76. The maximum Gasteiger partial charge on any atom is 0.0406 e. The molecule has 0 spiro atoms. The largest absolute Gasteiger partial charge is 0.289 e. The van der Waals surface area contributed by atoms with E-state index in [1.54, 1.807) is 5.56 Å². The van der Waals surface area contributed by atoms with Crippen LogP contribution >= 0.6 is 11.6 Å². The van der Waals surface area contributed by atoms with Crippen LogP contribution in [0.3, 0.4) is 0 Å². The molecule has 1 nitrogen and oxygen atoms in total. The lowest BCUT2D eigenvalue weighted by Crippen LogP contribution is -2.34. The van der Waals surface area contributed by atoms with Crippen molar-refractivity contribution in [3.05, 3.63) is 70.2 Å². The Morgan fingerprint density at radius 1 is 0.950 bits per heavy atom. The number of fused-ring (bicyclic) bond motifs is 3. The molecule has 2 aromatic rings. The number of hydrogen-bond donors (Lipinski definition) is 0. The molecule has 1 fully saturated rings. The van der Waals surface area contributed by atoms with Gasteiger partial charge in [0.05, 0.1) is 0 Å². The van der Waals surface area contributed by atoms with Crippen molar-refractivity contribution in [2.24, 2.45) is 0 Å². The van der Waals surface area contributed by atoms with E-state index in [1.807, 2.05) is 12.1 Å². The molecule has 20 heavy (non-hydrogen) atoms. The number of rotatable bonds is 1. The number of halogens is 1. The summed E-state index contributed by atoms with van der Waals surface area (Å²) in [6, 6.07) is 18.5. The van der Waals surface area contributed by atoms with Crippen LogP contribution in [0.25, 0.3) is 0 Å². The van der Waals surface area contributed by atoms with Gasteiger partial charge in [0.25, 0.3) is 0 Å². The lowest BCUT2D eigenvalue weighted by molar-refractivity contribution is 0.163. The van der Waals surface area contributed by atoms with Gasteiger partial charge in [-0.25, -0.2) is 0 Å². The van der Waals surface area contributed by atoms with Gasteiger partial charge in [0, 0.05) is 17.1 Å². The van der Waals surface area contributed by atoms with E-state index in [2.05, 4.69) is 41.3 Å². The van der Waals surface area contributed by atoms with Crippen LogP contribution in [0.1, 0.15) is 41.6 Å². The van der Waals surface area contributed by atoms with Gasteiger partial charge in [-0.15, -0.1) is 0 Å². The summed E-state index contributed by atoms with van der Waals surface area (Å²) < 4.78 is 0. The quantitative estimate of drug-likeness (QED) is 0.728. The maximum atomic E-state index is 6.03. The Bertz CT molecular complexity index is 620. The monoisotopic (exact) mass is 283 g/mol. The van der Waals surface area contributed by atoms with E-state index in [-0.39, 0.29) is 0 Å². The second-order valence-electron chi connectivity index (χ2n) is 5.87. The number of benzene rings is 2. The van der Waals surface area contributed by atoms with E-state index in [9.17, 15) is 0 Å². The van der Waals surface area contributed by atoms with Crippen molar-refractivity contribution < 1.29 is 0 Å². The molecule has 0 saturated carbocycles. The van der Waals surface area contributed by atoms with Crippen LogP contribution in [-0.2, 0) is 6.42 Å². The van der Waals surface area contributed by atoms with Gasteiger partial charge in [0.2, 0.25) is 0 Å². The van der Waals surface area contributed by atoms with Gasteiger partial charge in [-0.05, 0) is 54.6 Å². The summed E-state index contributed by atoms with van der Waals surface area (Å²) in [5.41, 5.74) is 4.47. The van der Waals surface area contributed by atoms with Crippen molar-refractivity contribution in [3.63, 3.8) is 0 Å². The minimum atomic E-state index is 0.509. The van der Waals surface area contributed by atoms with Crippen molar-refractivity contribution in [1.82, 2.24) is 4.90 Å². The molecular weight excluding hydrogens is 266 g/mol. The normalized spacial score (nSPS) is 25.2. The summed E-state index contributed by atoms with van der Waals surface area (Å²) >= 11 is 6.03. The summed E-state index contributed by atoms with van der Waals surface area (Å²) in [6.07, 6.45) is 3.72. The Labute approximate surface area is 125 Å². The summed E-state index contributed by atoms with van der Waals surface area (Å²) in [6.45, 7) is 1.21. The Morgan fingerprint density at radius 3 is 2.60 bits per heavy atom. The van der Waals surface area contributed by atoms with Gasteiger partial charge in [0.1, 0.15) is 0 Å². The van der Waals surface area contributed by atoms with E-state index < -0.39 is 0 Å². The van der Waals surface area contributed by atoms with Crippen LogP contribution in [0.2, 0.25) is 5.02 Å². The molecule has 2 aromatic carbocycles. The fourth-order valence-corrected chi connectivity index (χ4v) is 3.99. The first-order chi connectivity index (χ1) is 9.83. The highest BCUT2D eigenvalue weighted by molar-refractivity contribution is 6.30. The maximum absolute atomic E-state index is 6.03. The lowest BCUT2D eigenvalue weighted by Gasteiger charge is -2.39. The summed E-state index contributed by atoms with van der Waals surface area (Å²) in [5, 5.41) is 0.822. The van der Waals surface area contributed by atoms with E-state index in [1.165, 1.54) is 30.5 Å². The molecule has 1 saturated heterocycles. The van der Waals surface area contributed by atoms with Crippen LogP contribution in [0.4, 0.5) is 0 Å². The second kappa shape index (κ2) is 4.91. The number of hydrogen-bond acceptors (Lipinski definition) is 1. The third-order valence-corrected chi connectivity index (χ3v) is 5.03. The van der Waals surface area contributed by atoms with Gasteiger partial charge < -0.3 is 0 Å². The molecule has 2 heteroatoms. The van der Waals surface area contributed by atoms with Crippen LogP contribution in [0, 0.1) is 0 Å². The average molecular weight is 284 g/mol. The van der Waals surface area contributed by atoms with Crippen LogP contribution < -0.4 is 0 Å². The van der Waals surface area contributed by atoms with Gasteiger partial charge in [-0.2, -0.15) is 0 Å². The molecule has 2 atom stereocenters. The molecular formula is C18H18ClN. The smallest absolute Gasteiger partial charge is 0.0406 e. The van der Waals surface area contributed by atoms with Crippen LogP contribution in [-0.4, -0.2) is 11.4 Å². The van der Waals surface area contributed by atoms with Gasteiger partial charge in [-0.1, -0.05) is 48.0 Å². The fourth-order valence-electron chi connectivity index (χ4n) is 3.86. The Kier molecular flexibility index (Phi) is 3.05. The fraction of sp³-hybridized carbons (Fsp3) is 0.333. The highest BCUT2D eigenvalue weighted by Gasteiger charge is 2.37. The minimum absolute atomic E-state index is 0.509. The van der Waals surface area contributed by atoms with Crippen LogP contribution in [0.15, 0.2) is 48.5 Å². The average Bonchev–Trinajstić information content (AvgIpc) is 2.97. The predicted molar refractivity (Wildman–Crippen MR) is 83.0 cm³/mol. The highest BCUT2D eigenvalue weighted by Crippen LogP contribution is 2.45. The molecule has 0 radical (unpaired) electrons. The molecule has 2 aliphatic heterocycles. The molecule has 0 aromatic heterocycles. The zero-order valence-electron chi connectivity index (χ0n) is 11.4. The van der Waals surface area contributed by atoms with E-state index in [0.29, 0.717) is 12.1 Å². The molecule has 1 unspecified atom stereocenters. The Morgan fingerprint density at radius 2 is 1.75 bits per heavy atom. The topological polar surface area (TPSA) is 3.24 Å². The first-order valence-corrected chi connectivity index (χ1v) is 7.80. The predicted octanol–water partition coefficient (Wildman–Crippen LogP) is 4.77. The molecule has 0 bridgehead atoms. The van der Waals surface area contributed by atoms with Crippen LogP contribution in [0.5, 0.6) is 0 Å². The van der Waals surface area contributed by atoms with E-state index >= 15 is 0 Å².